The first-order valence-electron chi connectivity index (χ1n) is 11.5. The molecule has 33 heavy (non-hydrogen) atoms. The summed E-state index contributed by atoms with van der Waals surface area (Å²) in [6.07, 6.45) is 3.60. The molecule has 0 aliphatic heterocycles. The lowest BCUT2D eigenvalue weighted by molar-refractivity contribution is -0.170. The van der Waals surface area contributed by atoms with E-state index in [9.17, 15) is 19.2 Å². The summed E-state index contributed by atoms with van der Waals surface area (Å²) in [6, 6.07) is 8.43. The van der Waals surface area contributed by atoms with Crippen LogP contribution < -0.4 is 5.32 Å². The van der Waals surface area contributed by atoms with Gasteiger partial charge in [-0.1, -0.05) is 44.2 Å². The van der Waals surface area contributed by atoms with E-state index in [-0.39, 0.29) is 31.1 Å². The van der Waals surface area contributed by atoms with Gasteiger partial charge in [-0.05, 0) is 43.1 Å². The molecule has 1 aliphatic carbocycles. The second kappa shape index (κ2) is 13.6. The number of hydrogen-bond donors (Lipinski definition) is 1. The molecule has 0 saturated heterocycles. The molecule has 1 saturated carbocycles. The molecule has 1 aromatic rings. The first kappa shape index (κ1) is 26.4. The summed E-state index contributed by atoms with van der Waals surface area (Å²) < 4.78 is 14.4. The Morgan fingerprint density at radius 3 is 2.18 bits per heavy atom. The first-order chi connectivity index (χ1) is 15.8. The van der Waals surface area contributed by atoms with Crippen LogP contribution in [0.4, 0.5) is 0 Å². The third-order valence-electron chi connectivity index (χ3n) is 6.15. The molecule has 1 amide bonds. The topological polar surface area (TPSA) is 108 Å². The summed E-state index contributed by atoms with van der Waals surface area (Å²) in [7, 11) is 1.23. The molecule has 1 atom stereocenters. The van der Waals surface area contributed by atoms with E-state index in [1.807, 2.05) is 30.3 Å². The van der Waals surface area contributed by atoms with E-state index in [2.05, 4.69) is 23.9 Å². The Morgan fingerprint density at radius 1 is 0.939 bits per heavy atom. The SMILES string of the molecule is COC(=O)CCC(=O)OCOC(=O)[C@@H](Cc1ccccc1)NC(=O)C1CCC(C(C)C)CC1. The van der Waals surface area contributed by atoms with Crippen LogP contribution in [0.3, 0.4) is 0 Å². The molecule has 0 radical (unpaired) electrons. The molecule has 1 fully saturated rings. The molecule has 0 heterocycles. The summed E-state index contributed by atoms with van der Waals surface area (Å²) in [6.45, 7) is 3.83. The zero-order chi connectivity index (χ0) is 24.2. The van der Waals surface area contributed by atoms with Crippen molar-refractivity contribution in [3.8, 4) is 0 Å². The highest BCUT2D eigenvalue weighted by Crippen LogP contribution is 2.33. The van der Waals surface area contributed by atoms with Gasteiger partial charge in [-0.15, -0.1) is 0 Å². The van der Waals surface area contributed by atoms with Crippen molar-refractivity contribution >= 4 is 23.8 Å². The summed E-state index contributed by atoms with van der Waals surface area (Å²) in [4.78, 5) is 48.4. The van der Waals surface area contributed by atoms with Crippen molar-refractivity contribution in [2.75, 3.05) is 13.9 Å². The Morgan fingerprint density at radius 2 is 1.58 bits per heavy atom. The Balaban J connectivity index is 1.90. The number of rotatable bonds is 11. The minimum absolute atomic E-state index is 0.116. The van der Waals surface area contributed by atoms with Crippen LogP contribution in [0.2, 0.25) is 0 Å². The standard InChI is InChI=1S/C25H35NO7/c1-17(2)19-9-11-20(12-10-19)24(29)26-21(15-18-7-5-4-6-8-18)25(30)33-16-32-23(28)14-13-22(27)31-3/h4-8,17,19-21H,9-16H2,1-3H3,(H,26,29)/t19?,20?,21-/m1/s1. The van der Waals surface area contributed by atoms with Crippen molar-refractivity contribution in [2.24, 2.45) is 17.8 Å². The zero-order valence-corrected chi connectivity index (χ0v) is 19.7. The highest BCUT2D eigenvalue weighted by atomic mass is 16.7. The molecule has 1 aromatic carbocycles. The second-order valence-electron chi connectivity index (χ2n) is 8.78. The van der Waals surface area contributed by atoms with Gasteiger partial charge in [0.25, 0.3) is 0 Å². The highest BCUT2D eigenvalue weighted by molar-refractivity contribution is 5.86. The lowest BCUT2D eigenvalue weighted by atomic mass is 9.76. The largest absolute Gasteiger partial charge is 0.469 e. The Kier molecular flexibility index (Phi) is 10.9. The molecule has 0 aromatic heterocycles. The summed E-state index contributed by atoms with van der Waals surface area (Å²) in [5.74, 6) is -0.926. The van der Waals surface area contributed by atoms with Crippen LogP contribution >= 0.6 is 0 Å². The number of ether oxygens (including phenoxy) is 3. The fraction of sp³-hybridized carbons (Fsp3) is 0.600. The molecule has 8 heteroatoms. The molecule has 0 bridgehead atoms. The smallest absolute Gasteiger partial charge is 0.331 e. The molecule has 182 valence electrons. The van der Waals surface area contributed by atoms with E-state index < -0.39 is 30.7 Å². The fourth-order valence-corrected chi connectivity index (χ4v) is 4.01. The molecule has 2 rings (SSSR count). The third-order valence-corrected chi connectivity index (χ3v) is 6.15. The number of carbonyl (C=O) groups is 4. The maximum atomic E-state index is 12.9. The van der Waals surface area contributed by atoms with Crippen molar-refractivity contribution in [3.63, 3.8) is 0 Å². The van der Waals surface area contributed by atoms with Crippen LogP contribution in [0.1, 0.15) is 57.9 Å². The number of amides is 1. The average Bonchev–Trinajstić information content (AvgIpc) is 2.82. The van der Waals surface area contributed by atoms with E-state index in [1.165, 1.54) is 7.11 Å². The third kappa shape index (κ3) is 9.24. The van der Waals surface area contributed by atoms with Gasteiger partial charge in [0, 0.05) is 12.3 Å². The minimum Gasteiger partial charge on any atom is -0.469 e. The number of nitrogens with one attached hydrogen (secondary N) is 1. The highest BCUT2D eigenvalue weighted by Gasteiger charge is 2.31. The lowest BCUT2D eigenvalue weighted by Crippen LogP contribution is -2.46. The van der Waals surface area contributed by atoms with Gasteiger partial charge in [0.05, 0.1) is 20.0 Å². The Hall–Kier alpha value is -2.90. The van der Waals surface area contributed by atoms with Crippen molar-refractivity contribution in [1.82, 2.24) is 5.32 Å². The summed E-state index contributed by atoms with van der Waals surface area (Å²) >= 11 is 0. The van der Waals surface area contributed by atoms with Crippen LogP contribution in [0, 0.1) is 17.8 Å². The lowest BCUT2D eigenvalue weighted by Gasteiger charge is -2.31. The molecule has 0 spiro atoms. The predicted octanol–water partition coefficient (Wildman–Crippen LogP) is 3.17. The fourth-order valence-electron chi connectivity index (χ4n) is 4.01. The van der Waals surface area contributed by atoms with Gasteiger partial charge < -0.3 is 19.5 Å². The van der Waals surface area contributed by atoms with Gasteiger partial charge in [-0.2, -0.15) is 0 Å². The molecular weight excluding hydrogens is 426 g/mol. The number of esters is 3. The van der Waals surface area contributed by atoms with Gasteiger partial charge in [0.15, 0.2) is 0 Å². The number of benzene rings is 1. The van der Waals surface area contributed by atoms with E-state index >= 15 is 0 Å². The van der Waals surface area contributed by atoms with Crippen LogP contribution in [-0.2, 0) is 39.8 Å². The maximum absolute atomic E-state index is 12.9. The van der Waals surface area contributed by atoms with Crippen molar-refractivity contribution in [1.29, 1.82) is 0 Å². The van der Waals surface area contributed by atoms with Crippen LogP contribution in [0.5, 0.6) is 0 Å². The van der Waals surface area contributed by atoms with Crippen molar-refractivity contribution in [2.45, 2.75) is 64.8 Å². The second-order valence-corrected chi connectivity index (χ2v) is 8.78. The normalized spacial score (nSPS) is 18.8. The van der Waals surface area contributed by atoms with Gasteiger partial charge in [0.2, 0.25) is 12.7 Å². The summed E-state index contributed by atoms with van der Waals surface area (Å²) in [5, 5.41) is 2.85. The first-order valence-corrected chi connectivity index (χ1v) is 11.5. The molecule has 1 N–H and O–H groups in total. The predicted molar refractivity (Wildman–Crippen MR) is 121 cm³/mol. The van der Waals surface area contributed by atoms with Crippen LogP contribution in [0.15, 0.2) is 30.3 Å². The number of carbonyl (C=O) groups excluding carboxylic acids is 4. The molecule has 1 aliphatic rings. The minimum atomic E-state index is -0.892. The monoisotopic (exact) mass is 461 g/mol. The van der Waals surface area contributed by atoms with Crippen molar-refractivity contribution in [3.05, 3.63) is 35.9 Å². The van der Waals surface area contributed by atoms with Gasteiger partial charge in [0.1, 0.15) is 6.04 Å². The molecular formula is C25H35NO7. The summed E-state index contributed by atoms with van der Waals surface area (Å²) in [5.41, 5.74) is 0.873. The van der Waals surface area contributed by atoms with E-state index in [0.717, 1.165) is 31.2 Å². The van der Waals surface area contributed by atoms with E-state index in [4.69, 9.17) is 9.47 Å². The maximum Gasteiger partial charge on any atom is 0.331 e. The molecule has 0 unspecified atom stereocenters. The van der Waals surface area contributed by atoms with Crippen molar-refractivity contribution < 1.29 is 33.4 Å². The van der Waals surface area contributed by atoms with E-state index in [0.29, 0.717) is 11.8 Å². The zero-order valence-electron chi connectivity index (χ0n) is 19.7. The van der Waals surface area contributed by atoms with Crippen LogP contribution in [-0.4, -0.2) is 43.8 Å². The Labute approximate surface area is 195 Å². The number of methoxy groups -OCH3 is 1. The molecule has 8 nitrogen and oxygen atoms in total. The Bertz CT molecular complexity index is 785. The average molecular weight is 462 g/mol. The van der Waals surface area contributed by atoms with Gasteiger partial charge in [-0.25, -0.2) is 4.79 Å². The van der Waals surface area contributed by atoms with Gasteiger partial charge in [-0.3, -0.25) is 14.4 Å². The quantitative estimate of drug-likeness (QED) is 0.398. The van der Waals surface area contributed by atoms with E-state index in [1.54, 1.807) is 0 Å². The van der Waals surface area contributed by atoms with Gasteiger partial charge >= 0.3 is 17.9 Å². The van der Waals surface area contributed by atoms with Crippen LogP contribution in [0.25, 0.3) is 0 Å². The number of hydrogen-bond acceptors (Lipinski definition) is 7.